The smallest absolute Gasteiger partial charge is 0.222 e. The molecular weight excluding hydrogens is 188 g/mol. The van der Waals surface area contributed by atoms with Gasteiger partial charge in [0.2, 0.25) is 5.91 Å². The highest BCUT2D eigenvalue weighted by Gasteiger charge is 2.36. The van der Waals surface area contributed by atoms with Crippen molar-refractivity contribution in [1.29, 1.82) is 0 Å². The second kappa shape index (κ2) is 4.52. The third-order valence-corrected chi connectivity index (χ3v) is 4.25. The first kappa shape index (κ1) is 10.9. The van der Waals surface area contributed by atoms with Crippen LogP contribution in [-0.2, 0) is 4.79 Å². The molecule has 2 unspecified atom stereocenters. The van der Waals surface area contributed by atoms with E-state index in [9.17, 15) is 4.79 Å². The second-order valence-electron chi connectivity index (χ2n) is 5.18. The molecule has 1 aliphatic carbocycles. The van der Waals surface area contributed by atoms with Crippen LogP contribution in [0.4, 0.5) is 0 Å². The third-order valence-electron chi connectivity index (χ3n) is 4.25. The van der Waals surface area contributed by atoms with Gasteiger partial charge in [-0.3, -0.25) is 4.79 Å². The van der Waals surface area contributed by atoms with E-state index >= 15 is 0 Å². The highest BCUT2D eigenvalue weighted by Crippen LogP contribution is 2.37. The van der Waals surface area contributed by atoms with E-state index in [0.29, 0.717) is 17.7 Å². The summed E-state index contributed by atoms with van der Waals surface area (Å²) >= 11 is 0. The molecule has 2 fully saturated rings. The molecule has 3 nitrogen and oxygen atoms in total. The molecule has 2 atom stereocenters. The molecule has 3 heteroatoms. The average Bonchev–Trinajstić information content (AvgIpc) is 2.80. The Kier molecular flexibility index (Phi) is 3.29. The molecule has 1 amide bonds. The van der Waals surface area contributed by atoms with Gasteiger partial charge in [0, 0.05) is 20.0 Å². The fraction of sp³-hybridized carbons (Fsp3) is 0.917. The zero-order valence-electron chi connectivity index (χ0n) is 9.61. The summed E-state index contributed by atoms with van der Waals surface area (Å²) < 4.78 is 0. The van der Waals surface area contributed by atoms with Gasteiger partial charge in [-0.15, -0.1) is 0 Å². The van der Waals surface area contributed by atoms with Crippen LogP contribution in [0.15, 0.2) is 0 Å². The van der Waals surface area contributed by atoms with Crippen molar-refractivity contribution in [1.82, 2.24) is 4.90 Å². The Hall–Kier alpha value is -0.570. The molecule has 0 radical (unpaired) electrons. The maximum atomic E-state index is 11.5. The van der Waals surface area contributed by atoms with Crippen molar-refractivity contribution in [2.24, 2.45) is 23.5 Å². The number of amides is 1. The summed E-state index contributed by atoms with van der Waals surface area (Å²) in [6.07, 6.45) is 6.11. The summed E-state index contributed by atoms with van der Waals surface area (Å²) in [4.78, 5) is 13.4. The number of rotatable bonds is 3. The SMILES string of the molecule is CN1CC(C(CN)C2CCCC2)CC1=O. The van der Waals surface area contributed by atoms with Gasteiger partial charge in [0.1, 0.15) is 0 Å². The molecule has 1 heterocycles. The minimum Gasteiger partial charge on any atom is -0.345 e. The van der Waals surface area contributed by atoms with E-state index < -0.39 is 0 Å². The van der Waals surface area contributed by atoms with Gasteiger partial charge >= 0.3 is 0 Å². The Morgan fingerprint density at radius 3 is 2.53 bits per heavy atom. The van der Waals surface area contributed by atoms with E-state index in [-0.39, 0.29) is 0 Å². The maximum absolute atomic E-state index is 11.5. The lowest BCUT2D eigenvalue weighted by atomic mass is 9.80. The van der Waals surface area contributed by atoms with Crippen molar-refractivity contribution in [2.45, 2.75) is 32.1 Å². The van der Waals surface area contributed by atoms with Crippen molar-refractivity contribution in [3.63, 3.8) is 0 Å². The Morgan fingerprint density at radius 2 is 2.07 bits per heavy atom. The largest absolute Gasteiger partial charge is 0.345 e. The number of likely N-dealkylation sites (tertiary alicyclic amines) is 1. The Bertz CT molecular complexity index is 236. The van der Waals surface area contributed by atoms with Crippen molar-refractivity contribution in [3.8, 4) is 0 Å². The standard InChI is InChI=1S/C12H22N2O/c1-14-8-10(6-12(14)15)11(7-13)9-4-2-3-5-9/h9-11H,2-8,13H2,1H3. The highest BCUT2D eigenvalue weighted by molar-refractivity contribution is 5.78. The molecule has 1 saturated heterocycles. The predicted octanol–water partition coefficient (Wildman–Crippen LogP) is 1.23. The molecule has 0 spiro atoms. The summed E-state index contributed by atoms with van der Waals surface area (Å²) in [5, 5.41) is 0. The fourth-order valence-electron chi connectivity index (χ4n) is 3.34. The van der Waals surface area contributed by atoms with Crippen molar-refractivity contribution < 1.29 is 4.79 Å². The van der Waals surface area contributed by atoms with E-state index in [1.54, 1.807) is 0 Å². The molecule has 0 aromatic rings. The number of nitrogens with two attached hydrogens (primary N) is 1. The number of hydrogen-bond acceptors (Lipinski definition) is 2. The lowest BCUT2D eigenvalue weighted by Gasteiger charge is -2.27. The van der Waals surface area contributed by atoms with E-state index in [1.807, 2.05) is 11.9 Å². The van der Waals surface area contributed by atoms with Crippen molar-refractivity contribution in [2.75, 3.05) is 20.1 Å². The van der Waals surface area contributed by atoms with Gasteiger partial charge in [0.05, 0.1) is 0 Å². The highest BCUT2D eigenvalue weighted by atomic mass is 16.2. The Balaban J connectivity index is 1.97. The first-order valence-corrected chi connectivity index (χ1v) is 6.16. The third kappa shape index (κ3) is 2.17. The molecule has 0 aromatic heterocycles. The second-order valence-corrected chi connectivity index (χ2v) is 5.18. The van der Waals surface area contributed by atoms with Gasteiger partial charge in [0.15, 0.2) is 0 Å². The van der Waals surface area contributed by atoms with E-state index in [0.717, 1.165) is 25.4 Å². The summed E-state index contributed by atoms with van der Waals surface area (Å²) in [5.41, 5.74) is 5.89. The number of nitrogens with zero attached hydrogens (tertiary/aromatic N) is 1. The van der Waals surface area contributed by atoms with Gasteiger partial charge < -0.3 is 10.6 Å². The predicted molar refractivity (Wildman–Crippen MR) is 60.2 cm³/mol. The zero-order valence-corrected chi connectivity index (χ0v) is 9.61. The van der Waals surface area contributed by atoms with Crippen LogP contribution in [-0.4, -0.2) is 30.9 Å². The quantitative estimate of drug-likeness (QED) is 0.761. The first-order chi connectivity index (χ1) is 7.22. The van der Waals surface area contributed by atoms with Crippen molar-refractivity contribution in [3.05, 3.63) is 0 Å². The van der Waals surface area contributed by atoms with E-state index in [2.05, 4.69) is 0 Å². The molecule has 15 heavy (non-hydrogen) atoms. The lowest BCUT2D eigenvalue weighted by molar-refractivity contribution is -0.126. The first-order valence-electron chi connectivity index (χ1n) is 6.16. The van der Waals surface area contributed by atoms with Gasteiger partial charge in [-0.2, -0.15) is 0 Å². The zero-order chi connectivity index (χ0) is 10.8. The van der Waals surface area contributed by atoms with Crippen molar-refractivity contribution >= 4 is 5.91 Å². The molecule has 1 saturated carbocycles. The molecule has 1 aliphatic heterocycles. The molecule has 86 valence electrons. The van der Waals surface area contributed by atoms with Crippen LogP contribution in [0.5, 0.6) is 0 Å². The average molecular weight is 210 g/mol. The van der Waals surface area contributed by atoms with Crippen LogP contribution in [0.3, 0.4) is 0 Å². The minimum atomic E-state index is 0.302. The molecule has 0 aromatic carbocycles. The van der Waals surface area contributed by atoms with Crippen LogP contribution in [0, 0.1) is 17.8 Å². The summed E-state index contributed by atoms with van der Waals surface area (Å²) in [6, 6.07) is 0. The lowest BCUT2D eigenvalue weighted by Crippen LogP contribution is -2.31. The maximum Gasteiger partial charge on any atom is 0.222 e. The molecule has 0 bridgehead atoms. The van der Waals surface area contributed by atoms with E-state index in [1.165, 1.54) is 25.7 Å². The monoisotopic (exact) mass is 210 g/mol. The number of hydrogen-bond donors (Lipinski definition) is 1. The number of carbonyl (C=O) groups is 1. The van der Waals surface area contributed by atoms with Crippen LogP contribution in [0.2, 0.25) is 0 Å². The van der Waals surface area contributed by atoms with Crippen LogP contribution >= 0.6 is 0 Å². The van der Waals surface area contributed by atoms with Gasteiger partial charge in [-0.25, -0.2) is 0 Å². The minimum absolute atomic E-state index is 0.302. The topological polar surface area (TPSA) is 46.3 Å². The Morgan fingerprint density at radius 1 is 1.40 bits per heavy atom. The fourth-order valence-corrected chi connectivity index (χ4v) is 3.34. The molecular formula is C12H22N2O. The van der Waals surface area contributed by atoms with Crippen LogP contribution in [0.25, 0.3) is 0 Å². The number of carbonyl (C=O) groups excluding carboxylic acids is 1. The normalized spacial score (nSPS) is 30.1. The summed E-state index contributed by atoms with van der Waals surface area (Å²) in [5.74, 6) is 2.20. The molecule has 2 rings (SSSR count). The van der Waals surface area contributed by atoms with Crippen LogP contribution < -0.4 is 5.73 Å². The summed E-state index contributed by atoms with van der Waals surface area (Å²) in [7, 11) is 1.91. The molecule has 2 aliphatic rings. The van der Waals surface area contributed by atoms with Gasteiger partial charge in [0.25, 0.3) is 0 Å². The Labute approximate surface area is 92.0 Å². The van der Waals surface area contributed by atoms with Gasteiger partial charge in [-0.05, 0) is 24.3 Å². The van der Waals surface area contributed by atoms with Crippen LogP contribution in [0.1, 0.15) is 32.1 Å². The summed E-state index contributed by atoms with van der Waals surface area (Å²) in [6.45, 7) is 1.69. The van der Waals surface area contributed by atoms with Gasteiger partial charge in [-0.1, -0.05) is 25.7 Å². The molecule has 2 N–H and O–H groups in total. The van der Waals surface area contributed by atoms with E-state index in [4.69, 9.17) is 5.73 Å².